The summed E-state index contributed by atoms with van der Waals surface area (Å²) in [7, 11) is 13.8. The Hall–Kier alpha value is 0.510. The van der Waals surface area contributed by atoms with Crippen LogP contribution < -0.4 is 16.0 Å². The molecule has 0 bridgehead atoms. The van der Waals surface area contributed by atoms with Crippen LogP contribution in [0.3, 0.4) is 0 Å². The number of rotatable bonds is 18. The van der Waals surface area contributed by atoms with Gasteiger partial charge in [0.15, 0.2) is 0 Å². The van der Waals surface area contributed by atoms with Crippen LogP contribution in [-0.2, 0) is 14.4 Å². The van der Waals surface area contributed by atoms with Gasteiger partial charge in [-0.05, 0) is 78.1 Å². The number of carbonyl (C=O) groups is 3. The zero-order chi connectivity index (χ0) is 31.5. The largest absolute Gasteiger partial charge is 0.359 e. The van der Waals surface area contributed by atoms with E-state index in [4.69, 9.17) is 0 Å². The normalized spacial score (nSPS) is 21.0. The molecule has 3 aliphatic heterocycles. The molecule has 0 saturated carbocycles. The molecule has 3 heterocycles. The van der Waals surface area contributed by atoms with Crippen molar-refractivity contribution in [1.29, 1.82) is 0 Å². The van der Waals surface area contributed by atoms with Crippen LogP contribution in [0.2, 0.25) is 0 Å². The molecule has 43 heavy (non-hydrogen) atoms. The predicted molar refractivity (Wildman–Crippen MR) is 201 cm³/mol. The highest BCUT2D eigenvalue weighted by Gasteiger charge is 2.17. The standard InChI is InChI=1S/2C11H21NOS2.C9H17NOS2/c1-9(2)12-11(13)6-4-3-5-10-7-8-14-15-10;1-2-8-12-11(13)6-4-3-5-10-7-9-14-15-10;1-10-9(11)5-3-2-4-8-6-7-12-13-8/h9-10H,3-8H2,1-2H3,(H,12,13);10H,2-9H2,1H3,(H,12,13);8H,2-7H2,1H3,(H,10,11)/t2*10-;8-/m111/s1. The van der Waals surface area contributed by atoms with Crippen molar-refractivity contribution >= 4 is 82.5 Å². The summed E-state index contributed by atoms with van der Waals surface area (Å²) in [4.78, 5) is 33.5. The van der Waals surface area contributed by atoms with E-state index in [1.54, 1.807) is 7.05 Å². The topological polar surface area (TPSA) is 87.3 Å². The molecule has 0 radical (unpaired) electrons. The lowest BCUT2D eigenvalue weighted by molar-refractivity contribution is -0.122. The summed E-state index contributed by atoms with van der Waals surface area (Å²) in [5.74, 6) is 4.54. The third kappa shape index (κ3) is 25.3. The molecule has 6 nitrogen and oxygen atoms in total. The van der Waals surface area contributed by atoms with Gasteiger partial charge in [0.25, 0.3) is 0 Å². The molecule has 0 aliphatic carbocycles. The first-order valence-electron chi connectivity index (χ1n) is 16.4. The highest BCUT2D eigenvalue weighted by molar-refractivity contribution is 8.78. The van der Waals surface area contributed by atoms with Gasteiger partial charge in [-0.1, -0.05) is 90.9 Å². The van der Waals surface area contributed by atoms with Gasteiger partial charge in [0.1, 0.15) is 0 Å². The zero-order valence-electron chi connectivity index (χ0n) is 27.1. The molecule has 3 saturated heterocycles. The summed E-state index contributed by atoms with van der Waals surface area (Å²) in [5.41, 5.74) is 0. The van der Waals surface area contributed by atoms with Gasteiger partial charge in [-0.2, -0.15) is 0 Å². The van der Waals surface area contributed by atoms with Gasteiger partial charge in [-0.25, -0.2) is 0 Å². The minimum atomic E-state index is 0.174. The summed E-state index contributed by atoms with van der Waals surface area (Å²) < 4.78 is 0. The molecule has 252 valence electrons. The fourth-order valence-corrected chi connectivity index (χ4v) is 13.6. The summed E-state index contributed by atoms with van der Waals surface area (Å²) in [6.45, 7) is 6.91. The maximum atomic E-state index is 11.3. The Kier molecular flexibility index (Phi) is 27.7. The molecule has 0 aromatic carbocycles. The van der Waals surface area contributed by atoms with Gasteiger partial charge in [0.05, 0.1) is 0 Å². The van der Waals surface area contributed by atoms with Crippen molar-refractivity contribution in [1.82, 2.24) is 16.0 Å². The lowest BCUT2D eigenvalue weighted by atomic mass is 10.1. The number of nitrogens with one attached hydrogen (secondary N) is 3. The van der Waals surface area contributed by atoms with Crippen LogP contribution in [0.5, 0.6) is 0 Å². The molecule has 3 atom stereocenters. The highest BCUT2D eigenvalue weighted by Crippen LogP contribution is 2.41. The van der Waals surface area contributed by atoms with Crippen LogP contribution in [0.1, 0.15) is 124 Å². The Balaban J connectivity index is 0.000000324. The average molecular weight is 714 g/mol. The smallest absolute Gasteiger partial charge is 0.220 e. The zero-order valence-corrected chi connectivity index (χ0v) is 32.0. The van der Waals surface area contributed by atoms with Gasteiger partial charge < -0.3 is 16.0 Å². The van der Waals surface area contributed by atoms with Crippen LogP contribution in [0.25, 0.3) is 0 Å². The quantitative estimate of drug-likeness (QED) is 0.0953. The number of amides is 3. The maximum Gasteiger partial charge on any atom is 0.220 e. The van der Waals surface area contributed by atoms with Crippen molar-refractivity contribution in [3.8, 4) is 0 Å². The Morgan fingerprint density at radius 2 is 1.07 bits per heavy atom. The molecule has 12 heteroatoms. The molecular formula is C31H59N3O3S6. The van der Waals surface area contributed by atoms with E-state index in [0.29, 0.717) is 19.3 Å². The van der Waals surface area contributed by atoms with Crippen molar-refractivity contribution in [2.45, 2.75) is 145 Å². The molecular weight excluding hydrogens is 655 g/mol. The van der Waals surface area contributed by atoms with Crippen LogP contribution >= 0.6 is 64.8 Å². The minimum Gasteiger partial charge on any atom is -0.359 e. The molecule has 3 N–H and O–H groups in total. The Bertz CT molecular complexity index is 717. The van der Waals surface area contributed by atoms with E-state index in [1.807, 2.05) is 78.6 Å². The molecule has 3 aliphatic rings. The van der Waals surface area contributed by atoms with E-state index >= 15 is 0 Å². The van der Waals surface area contributed by atoms with Gasteiger partial charge >= 0.3 is 0 Å². The summed E-state index contributed by atoms with van der Waals surface area (Å²) in [6.07, 6.45) is 17.8. The molecule has 0 unspecified atom stereocenters. The van der Waals surface area contributed by atoms with Crippen molar-refractivity contribution in [2.24, 2.45) is 0 Å². The van der Waals surface area contributed by atoms with Crippen molar-refractivity contribution in [3.05, 3.63) is 0 Å². The first-order valence-corrected chi connectivity index (χ1v) is 23.6. The van der Waals surface area contributed by atoms with E-state index in [9.17, 15) is 14.4 Å². The molecule has 3 amide bonds. The Morgan fingerprint density at radius 1 is 0.651 bits per heavy atom. The van der Waals surface area contributed by atoms with Gasteiger partial charge in [0, 0.05) is 71.9 Å². The summed E-state index contributed by atoms with van der Waals surface area (Å²) in [5, 5.41) is 11.0. The Labute approximate surface area is 287 Å². The van der Waals surface area contributed by atoms with Gasteiger partial charge in [0.2, 0.25) is 17.7 Å². The molecule has 0 aromatic rings. The van der Waals surface area contributed by atoms with E-state index in [1.165, 1.54) is 75.0 Å². The second kappa shape index (κ2) is 28.7. The maximum absolute atomic E-state index is 11.3. The van der Waals surface area contributed by atoms with Crippen molar-refractivity contribution in [3.63, 3.8) is 0 Å². The van der Waals surface area contributed by atoms with E-state index in [-0.39, 0.29) is 23.8 Å². The second-order valence-electron chi connectivity index (χ2n) is 11.5. The first kappa shape index (κ1) is 41.5. The Morgan fingerprint density at radius 3 is 1.42 bits per heavy atom. The van der Waals surface area contributed by atoms with E-state index in [0.717, 1.165) is 48.0 Å². The SMILES string of the molecule is CC(C)NC(=O)CCCC[C@@H]1CCSS1.CCCNC(=O)CCCC[C@@H]1CCSS1.CNC(=O)CCCC[C@@H]1CCSS1. The van der Waals surface area contributed by atoms with Gasteiger partial charge in [-0.15, -0.1) is 0 Å². The van der Waals surface area contributed by atoms with Crippen LogP contribution in [-0.4, -0.2) is 70.4 Å². The third-order valence-corrected chi connectivity index (χ3v) is 16.0. The molecule has 0 spiro atoms. The summed E-state index contributed by atoms with van der Waals surface area (Å²) >= 11 is 0. The van der Waals surface area contributed by atoms with Crippen molar-refractivity contribution in [2.75, 3.05) is 30.9 Å². The predicted octanol–water partition coefficient (Wildman–Crippen LogP) is 8.90. The lowest BCUT2D eigenvalue weighted by Gasteiger charge is -2.09. The fraction of sp³-hybridized carbons (Fsp3) is 0.903. The number of unbranched alkanes of at least 4 members (excludes halogenated alkanes) is 3. The second-order valence-corrected chi connectivity index (χ2v) is 19.8. The minimum absolute atomic E-state index is 0.174. The highest BCUT2D eigenvalue weighted by atomic mass is 33.1. The number of hydrogen-bond acceptors (Lipinski definition) is 9. The molecule has 0 aromatic heterocycles. The lowest BCUT2D eigenvalue weighted by Crippen LogP contribution is -2.29. The van der Waals surface area contributed by atoms with Gasteiger partial charge in [-0.3, -0.25) is 14.4 Å². The third-order valence-electron chi connectivity index (χ3n) is 7.02. The van der Waals surface area contributed by atoms with E-state index in [2.05, 4.69) is 22.9 Å². The fourth-order valence-electron chi connectivity index (χ4n) is 4.54. The molecule has 3 fully saturated rings. The van der Waals surface area contributed by atoms with Crippen LogP contribution in [0.4, 0.5) is 0 Å². The first-order chi connectivity index (χ1) is 20.8. The summed E-state index contributed by atoms with van der Waals surface area (Å²) in [6, 6.07) is 0.277. The van der Waals surface area contributed by atoms with Crippen molar-refractivity contribution < 1.29 is 14.4 Å². The monoisotopic (exact) mass is 713 g/mol. The number of carbonyl (C=O) groups excluding carboxylic acids is 3. The number of hydrogen-bond donors (Lipinski definition) is 3. The molecule has 3 rings (SSSR count). The van der Waals surface area contributed by atoms with E-state index < -0.39 is 0 Å². The van der Waals surface area contributed by atoms with Crippen LogP contribution in [0, 0.1) is 0 Å². The van der Waals surface area contributed by atoms with Crippen LogP contribution in [0.15, 0.2) is 0 Å². The average Bonchev–Trinajstić information content (AvgIpc) is 3.79.